The first-order valence-corrected chi connectivity index (χ1v) is 7.66. The third-order valence-electron chi connectivity index (χ3n) is 3.69. The van der Waals surface area contributed by atoms with Crippen LogP contribution in [0.4, 0.5) is 5.69 Å². The number of nitrogens with zero attached hydrogens (tertiary/aromatic N) is 1. The average molecular weight is 297 g/mol. The Morgan fingerprint density at radius 2 is 2.20 bits per heavy atom. The Morgan fingerprint density at radius 3 is 2.85 bits per heavy atom. The van der Waals surface area contributed by atoms with Crippen molar-refractivity contribution >= 4 is 17.3 Å². The molecule has 20 heavy (non-hydrogen) atoms. The quantitative estimate of drug-likeness (QED) is 0.893. The van der Waals surface area contributed by atoms with E-state index in [1.54, 1.807) is 0 Å². The van der Waals surface area contributed by atoms with Gasteiger partial charge in [0.25, 0.3) is 0 Å². The molecule has 1 saturated heterocycles. The van der Waals surface area contributed by atoms with E-state index >= 15 is 0 Å². The molecule has 1 heterocycles. The molecule has 1 aromatic carbocycles. The molecule has 0 radical (unpaired) electrons. The predicted molar refractivity (Wildman–Crippen MR) is 85.3 cm³/mol. The third-order valence-corrected chi connectivity index (χ3v) is 3.92. The van der Waals surface area contributed by atoms with Gasteiger partial charge in [-0.1, -0.05) is 31.5 Å². The smallest absolute Gasteiger partial charge is 0.116 e. The number of anilines is 1. The van der Waals surface area contributed by atoms with Gasteiger partial charge in [0, 0.05) is 23.8 Å². The van der Waals surface area contributed by atoms with Crippen LogP contribution in [0.2, 0.25) is 5.02 Å². The molecule has 0 spiro atoms. The Hall–Kier alpha value is -0.770. The molecule has 2 rings (SSSR count). The number of hydrogen-bond donors (Lipinski definition) is 1. The summed E-state index contributed by atoms with van der Waals surface area (Å²) >= 11 is 6.01. The topological polar surface area (TPSA) is 24.5 Å². The van der Waals surface area contributed by atoms with Gasteiger partial charge in [0.1, 0.15) is 5.72 Å². The summed E-state index contributed by atoms with van der Waals surface area (Å²) in [5, 5.41) is 4.22. The Labute approximate surface area is 127 Å². The van der Waals surface area contributed by atoms with Crippen LogP contribution in [0.1, 0.15) is 27.7 Å². The second-order valence-electron chi connectivity index (χ2n) is 6.35. The summed E-state index contributed by atoms with van der Waals surface area (Å²) in [4.78, 5) is 2.45. The number of rotatable bonds is 5. The van der Waals surface area contributed by atoms with E-state index in [0.717, 1.165) is 30.4 Å². The van der Waals surface area contributed by atoms with Crippen molar-refractivity contribution in [3.8, 4) is 0 Å². The van der Waals surface area contributed by atoms with E-state index in [4.69, 9.17) is 16.3 Å². The normalized spacial score (nSPS) is 22.4. The van der Waals surface area contributed by atoms with Gasteiger partial charge in [-0.3, -0.25) is 4.90 Å². The molecule has 4 heteroatoms. The molecule has 1 N–H and O–H groups in total. The lowest BCUT2D eigenvalue weighted by Crippen LogP contribution is -2.48. The number of nitrogens with one attached hydrogen (secondary N) is 1. The summed E-state index contributed by atoms with van der Waals surface area (Å²) in [6, 6.07) is 8.24. The Balaban J connectivity index is 1.97. The maximum atomic E-state index is 6.01. The number of benzene rings is 1. The SMILES string of the molecule is CC(C)CN1[C@@H](CNc2cccc(Cl)c2)COC1(C)C. The molecule has 0 saturated carbocycles. The zero-order chi connectivity index (χ0) is 14.8. The van der Waals surface area contributed by atoms with Crippen LogP contribution in [-0.4, -0.2) is 36.4 Å². The second-order valence-corrected chi connectivity index (χ2v) is 6.79. The van der Waals surface area contributed by atoms with Gasteiger partial charge in [-0.25, -0.2) is 0 Å². The molecule has 0 aliphatic carbocycles. The highest BCUT2D eigenvalue weighted by Crippen LogP contribution is 2.28. The van der Waals surface area contributed by atoms with E-state index < -0.39 is 0 Å². The van der Waals surface area contributed by atoms with E-state index in [-0.39, 0.29) is 5.72 Å². The van der Waals surface area contributed by atoms with E-state index in [2.05, 4.69) is 37.9 Å². The minimum absolute atomic E-state index is 0.176. The standard InChI is InChI=1S/C16H25ClN2O/c1-12(2)10-19-15(11-20-16(19,3)4)9-18-14-7-5-6-13(17)8-14/h5-8,12,15,18H,9-11H2,1-4H3/t15-/m0/s1. The van der Waals surface area contributed by atoms with E-state index in [0.29, 0.717) is 12.0 Å². The maximum absolute atomic E-state index is 6.01. The molecule has 112 valence electrons. The van der Waals surface area contributed by atoms with Crippen LogP contribution in [-0.2, 0) is 4.74 Å². The van der Waals surface area contributed by atoms with Crippen molar-refractivity contribution in [1.82, 2.24) is 4.90 Å². The second kappa shape index (κ2) is 6.33. The van der Waals surface area contributed by atoms with Crippen molar-refractivity contribution < 1.29 is 4.74 Å². The summed E-state index contributed by atoms with van der Waals surface area (Å²) in [5.41, 5.74) is 0.886. The van der Waals surface area contributed by atoms with Crippen LogP contribution in [0.3, 0.4) is 0 Å². The zero-order valence-electron chi connectivity index (χ0n) is 12.8. The Bertz CT molecular complexity index is 448. The van der Waals surface area contributed by atoms with Crippen LogP contribution in [0, 0.1) is 5.92 Å². The van der Waals surface area contributed by atoms with Crippen LogP contribution in [0.25, 0.3) is 0 Å². The summed E-state index contributed by atoms with van der Waals surface area (Å²) in [7, 11) is 0. The molecule has 3 nitrogen and oxygen atoms in total. The molecular formula is C16H25ClN2O. The van der Waals surface area contributed by atoms with Gasteiger partial charge in [0.05, 0.1) is 12.6 Å². The third kappa shape index (κ3) is 3.87. The largest absolute Gasteiger partial charge is 0.383 e. The fourth-order valence-corrected chi connectivity index (χ4v) is 2.87. The highest BCUT2D eigenvalue weighted by Gasteiger charge is 2.40. The molecule has 0 unspecified atom stereocenters. The highest BCUT2D eigenvalue weighted by molar-refractivity contribution is 6.30. The lowest BCUT2D eigenvalue weighted by molar-refractivity contribution is -0.0571. The molecular weight excluding hydrogens is 272 g/mol. The lowest BCUT2D eigenvalue weighted by atomic mass is 10.1. The molecule has 1 atom stereocenters. The van der Waals surface area contributed by atoms with Crippen LogP contribution in [0.15, 0.2) is 24.3 Å². The molecule has 0 aromatic heterocycles. The van der Waals surface area contributed by atoms with Gasteiger partial charge in [-0.15, -0.1) is 0 Å². The Morgan fingerprint density at radius 1 is 1.45 bits per heavy atom. The van der Waals surface area contributed by atoms with Gasteiger partial charge in [-0.2, -0.15) is 0 Å². The molecule has 1 aliphatic heterocycles. The van der Waals surface area contributed by atoms with Crippen molar-refractivity contribution in [2.75, 3.05) is 25.0 Å². The summed E-state index contributed by atoms with van der Waals surface area (Å²) in [6.07, 6.45) is 0. The fraction of sp³-hybridized carbons (Fsp3) is 0.625. The average Bonchev–Trinajstić information content (AvgIpc) is 2.63. The van der Waals surface area contributed by atoms with Gasteiger partial charge >= 0.3 is 0 Å². The lowest BCUT2D eigenvalue weighted by Gasteiger charge is -2.35. The Kier molecular flexibility index (Phi) is 4.95. The summed E-state index contributed by atoms with van der Waals surface area (Å²) in [6.45, 7) is 11.5. The molecule has 1 aromatic rings. The molecule has 1 aliphatic rings. The molecule has 0 bridgehead atoms. The number of ether oxygens (including phenoxy) is 1. The molecule has 0 amide bonds. The van der Waals surface area contributed by atoms with Crippen molar-refractivity contribution in [2.45, 2.75) is 39.5 Å². The maximum Gasteiger partial charge on any atom is 0.116 e. The first-order valence-electron chi connectivity index (χ1n) is 7.28. The van der Waals surface area contributed by atoms with E-state index in [9.17, 15) is 0 Å². The van der Waals surface area contributed by atoms with Crippen molar-refractivity contribution in [3.05, 3.63) is 29.3 Å². The first-order chi connectivity index (χ1) is 9.38. The van der Waals surface area contributed by atoms with Crippen LogP contribution < -0.4 is 5.32 Å². The van der Waals surface area contributed by atoms with Gasteiger partial charge in [0.15, 0.2) is 0 Å². The monoisotopic (exact) mass is 296 g/mol. The van der Waals surface area contributed by atoms with Crippen molar-refractivity contribution in [2.24, 2.45) is 5.92 Å². The number of hydrogen-bond acceptors (Lipinski definition) is 3. The fourth-order valence-electron chi connectivity index (χ4n) is 2.68. The van der Waals surface area contributed by atoms with Crippen molar-refractivity contribution in [3.63, 3.8) is 0 Å². The van der Waals surface area contributed by atoms with Crippen LogP contribution >= 0.6 is 11.6 Å². The minimum atomic E-state index is -0.176. The zero-order valence-corrected chi connectivity index (χ0v) is 13.6. The van der Waals surface area contributed by atoms with Crippen molar-refractivity contribution in [1.29, 1.82) is 0 Å². The van der Waals surface area contributed by atoms with Crippen LogP contribution in [0.5, 0.6) is 0 Å². The van der Waals surface area contributed by atoms with E-state index in [1.165, 1.54) is 0 Å². The summed E-state index contributed by atoms with van der Waals surface area (Å²) in [5.74, 6) is 0.629. The first kappa shape index (κ1) is 15.6. The van der Waals surface area contributed by atoms with Gasteiger partial charge < -0.3 is 10.1 Å². The van der Waals surface area contributed by atoms with E-state index in [1.807, 2.05) is 24.3 Å². The predicted octanol–water partition coefficient (Wildman–Crippen LogP) is 3.84. The summed E-state index contributed by atoms with van der Waals surface area (Å²) < 4.78 is 5.94. The molecule has 1 fully saturated rings. The van der Waals surface area contributed by atoms with Gasteiger partial charge in [0.2, 0.25) is 0 Å². The highest BCUT2D eigenvalue weighted by atomic mass is 35.5. The minimum Gasteiger partial charge on any atom is -0.383 e. The number of halogens is 1. The van der Waals surface area contributed by atoms with Gasteiger partial charge in [-0.05, 0) is 38.0 Å².